The van der Waals surface area contributed by atoms with E-state index in [0.717, 1.165) is 18.4 Å². The number of nitrogens with zero attached hydrogens (tertiary/aromatic N) is 1. The summed E-state index contributed by atoms with van der Waals surface area (Å²) in [6.45, 7) is 2.31. The van der Waals surface area contributed by atoms with E-state index >= 15 is 0 Å². The molecule has 1 amide bonds. The van der Waals surface area contributed by atoms with Crippen molar-refractivity contribution in [2.45, 2.75) is 19.8 Å². The lowest BCUT2D eigenvalue weighted by Gasteiger charge is -2.10. The highest BCUT2D eigenvalue weighted by molar-refractivity contribution is 6.30. The quantitative estimate of drug-likeness (QED) is 0.467. The molecule has 6 heteroatoms. The largest absolute Gasteiger partial charge is 0.452 e. The van der Waals surface area contributed by atoms with Crippen molar-refractivity contribution in [3.05, 3.63) is 65.2 Å². The molecular formula is C22H21ClN2O3. The summed E-state index contributed by atoms with van der Waals surface area (Å²) in [5.41, 5.74) is 2.52. The van der Waals surface area contributed by atoms with Crippen LogP contribution in [0.15, 0.2) is 54.6 Å². The van der Waals surface area contributed by atoms with Crippen LogP contribution in [0.4, 0.5) is 0 Å². The maximum atomic E-state index is 12.7. The van der Waals surface area contributed by atoms with Crippen LogP contribution in [0, 0.1) is 0 Å². The maximum absolute atomic E-state index is 12.7. The minimum atomic E-state index is -0.556. The number of aromatic nitrogens is 1. The topological polar surface area (TPSA) is 68.3 Å². The Labute approximate surface area is 168 Å². The average Bonchev–Trinajstić information content (AvgIpc) is 2.72. The number of para-hydroxylation sites is 1. The molecule has 1 N–H and O–H groups in total. The third-order valence-corrected chi connectivity index (χ3v) is 4.51. The normalized spacial score (nSPS) is 10.6. The fourth-order valence-corrected chi connectivity index (χ4v) is 2.90. The molecule has 3 rings (SSSR count). The SMILES string of the molecule is CCCCNC(=O)COC(=O)c1cc(-c2ccc(Cl)cc2)nc2ccccc12. The van der Waals surface area contributed by atoms with Gasteiger partial charge in [0.15, 0.2) is 6.61 Å². The van der Waals surface area contributed by atoms with Crippen LogP contribution < -0.4 is 5.32 Å². The molecule has 28 heavy (non-hydrogen) atoms. The van der Waals surface area contributed by atoms with Gasteiger partial charge in [0.1, 0.15) is 0 Å². The van der Waals surface area contributed by atoms with Crippen molar-refractivity contribution >= 4 is 34.4 Å². The van der Waals surface area contributed by atoms with Gasteiger partial charge in [-0.15, -0.1) is 0 Å². The molecule has 0 spiro atoms. The molecule has 0 bridgehead atoms. The maximum Gasteiger partial charge on any atom is 0.339 e. The number of amides is 1. The Balaban J connectivity index is 1.85. The summed E-state index contributed by atoms with van der Waals surface area (Å²) in [6, 6.07) is 16.2. The van der Waals surface area contributed by atoms with Crippen molar-refractivity contribution < 1.29 is 14.3 Å². The van der Waals surface area contributed by atoms with Gasteiger partial charge < -0.3 is 10.1 Å². The van der Waals surface area contributed by atoms with Gasteiger partial charge in [-0.25, -0.2) is 9.78 Å². The van der Waals surface area contributed by atoms with Crippen molar-refractivity contribution in [1.82, 2.24) is 10.3 Å². The Morgan fingerprint density at radius 3 is 2.61 bits per heavy atom. The van der Waals surface area contributed by atoms with E-state index in [9.17, 15) is 9.59 Å². The minimum Gasteiger partial charge on any atom is -0.452 e. The Kier molecular flexibility index (Phi) is 6.61. The zero-order valence-electron chi connectivity index (χ0n) is 15.6. The molecule has 0 saturated carbocycles. The molecule has 5 nitrogen and oxygen atoms in total. The van der Waals surface area contributed by atoms with E-state index in [4.69, 9.17) is 16.3 Å². The molecule has 0 atom stereocenters. The fraction of sp³-hybridized carbons (Fsp3) is 0.227. The monoisotopic (exact) mass is 396 g/mol. The fourth-order valence-electron chi connectivity index (χ4n) is 2.78. The van der Waals surface area contributed by atoms with Crippen molar-refractivity contribution in [2.24, 2.45) is 0 Å². The van der Waals surface area contributed by atoms with Gasteiger partial charge in [-0.05, 0) is 30.7 Å². The number of unbranched alkanes of at least 4 members (excludes halogenated alkanes) is 1. The smallest absolute Gasteiger partial charge is 0.339 e. The lowest BCUT2D eigenvalue weighted by atomic mass is 10.0. The second-order valence-electron chi connectivity index (χ2n) is 6.36. The number of pyridine rings is 1. The summed E-state index contributed by atoms with van der Waals surface area (Å²) in [5, 5.41) is 4.03. The first-order valence-electron chi connectivity index (χ1n) is 9.18. The van der Waals surface area contributed by atoms with Crippen molar-refractivity contribution in [1.29, 1.82) is 0 Å². The molecule has 1 aromatic heterocycles. The molecule has 0 saturated heterocycles. The van der Waals surface area contributed by atoms with E-state index in [1.54, 1.807) is 18.2 Å². The Morgan fingerprint density at radius 2 is 1.86 bits per heavy atom. The first-order chi connectivity index (χ1) is 13.6. The first-order valence-corrected chi connectivity index (χ1v) is 9.56. The van der Waals surface area contributed by atoms with Crippen LogP contribution in [-0.2, 0) is 9.53 Å². The molecule has 0 aliphatic carbocycles. The molecule has 0 fully saturated rings. The summed E-state index contributed by atoms with van der Waals surface area (Å²) < 4.78 is 5.24. The van der Waals surface area contributed by atoms with Gasteiger partial charge in [-0.3, -0.25) is 4.79 Å². The number of esters is 1. The summed E-state index contributed by atoms with van der Waals surface area (Å²) in [6.07, 6.45) is 1.87. The van der Waals surface area contributed by atoms with Crippen molar-refractivity contribution in [3.63, 3.8) is 0 Å². The van der Waals surface area contributed by atoms with Crippen molar-refractivity contribution in [2.75, 3.05) is 13.2 Å². The lowest BCUT2D eigenvalue weighted by Crippen LogP contribution is -2.29. The van der Waals surface area contributed by atoms with Crippen LogP contribution in [0.3, 0.4) is 0 Å². The van der Waals surface area contributed by atoms with Crippen LogP contribution in [0.1, 0.15) is 30.1 Å². The van der Waals surface area contributed by atoms with E-state index in [1.165, 1.54) is 0 Å². The summed E-state index contributed by atoms with van der Waals surface area (Å²) in [4.78, 5) is 29.1. The Bertz CT molecular complexity index is 987. The highest BCUT2D eigenvalue weighted by Crippen LogP contribution is 2.26. The first kappa shape index (κ1) is 19.8. The van der Waals surface area contributed by atoms with Crippen LogP contribution >= 0.6 is 11.6 Å². The standard InChI is InChI=1S/C22H21ClN2O3/c1-2-3-12-24-21(26)14-28-22(27)18-13-20(15-8-10-16(23)11-9-15)25-19-7-5-4-6-17(18)19/h4-11,13H,2-3,12,14H2,1H3,(H,24,26). The average molecular weight is 397 g/mol. The molecule has 0 aliphatic rings. The molecular weight excluding hydrogens is 376 g/mol. The minimum absolute atomic E-state index is 0.307. The summed E-state index contributed by atoms with van der Waals surface area (Å²) in [5.74, 6) is -0.863. The Hall–Kier alpha value is -2.92. The van der Waals surface area contributed by atoms with E-state index in [2.05, 4.69) is 10.3 Å². The number of hydrogen-bond donors (Lipinski definition) is 1. The highest BCUT2D eigenvalue weighted by Gasteiger charge is 2.16. The number of nitrogens with one attached hydrogen (secondary N) is 1. The summed E-state index contributed by atoms with van der Waals surface area (Å²) >= 11 is 5.96. The second-order valence-corrected chi connectivity index (χ2v) is 6.80. The van der Waals surface area contributed by atoms with Crippen molar-refractivity contribution in [3.8, 4) is 11.3 Å². The van der Waals surface area contributed by atoms with Gasteiger partial charge in [-0.2, -0.15) is 0 Å². The van der Waals surface area contributed by atoms with Crippen LogP contribution in [-0.4, -0.2) is 30.0 Å². The lowest BCUT2D eigenvalue weighted by molar-refractivity contribution is -0.124. The van der Waals surface area contributed by atoms with Gasteiger partial charge in [0.05, 0.1) is 16.8 Å². The molecule has 0 unspecified atom stereocenters. The van der Waals surface area contributed by atoms with Gasteiger partial charge in [-0.1, -0.05) is 55.3 Å². The molecule has 0 radical (unpaired) electrons. The number of carbonyl (C=O) groups is 2. The van der Waals surface area contributed by atoms with E-state index < -0.39 is 5.97 Å². The van der Waals surface area contributed by atoms with Crippen LogP contribution in [0.5, 0.6) is 0 Å². The van der Waals surface area contributed by atoms with E-state index in [1.807, 2.05) is 43.3 Å². The number of rotatable bonds is 7. The van der Waals surface area contributed by atoms with Gasteiger partial charge in [0.2, 0.25) is 0 Å². The summed E-state index contributed by atoms with van der Waals surface area (Å²) in [7, 11) is 0. The van der Waals surface area contributed by atoms with Gasteiger partial charge in [0, 0.05) is 22.5 Å². The molecule has 0 aliphatic heterocycles. The van der Waals surface area contributed by atoms with Crippen LogP contribution in [0.25, 0.3) is 22.2 Å². The van der Waals surface area contributed by atoms with E-state index in [0.29, 0.717) is 33.7 Å². The molecule has 2 aromatic carbocycles. The third kappa shape index (κ3) is 4.87. The Morgan fingerprint density at radius 1 is 1.11 bits per heavy atom. The zero-order chi connectivity index (χ0) is 19.9. The van der Waals surface area contributed by atoms with Gasteiger partial charge >= 0.3 is 5.97 Å². The molecule has 144 valence electrons. The highest BCUT2D eigenvalue weighted by atomic mass is 35.5. The van der Waals surface area contributed by atoms with E-state index in [-0.39, 0.29) is 12.5 Å². The zero-order valence-corrected chi connectivity index (χ0v) is 16.3. The van der Waals surface area contributed by atoms with Crippen LogP contribution in [0.2, 0.25) is 5.02 Å². The predicted molar refractivity (Wildman–Crippen MR) is 110 cm³/mol. The number of hydrogen-bond acceptors (Lipinski definition) is 4. The number of halogens is 1. The molecule has 1 heterocycles. The number of ether oxygens (including phenoxy) is 1. The predicted octanol–water partition coefficient (Wildman–Crippen LogP) is 4.63. The number of carbonyl (C=O) groups excluding carboxylic acids is 2. The second kappa shape index (κ2) is 9.33. The number of fused-ring (bicyclic) bond motifs is 1. The van der Waals surface area contributed by atoms with Gasteiger partial charge in [0.25, 0.3) is 5.91 Å². The third-order valence-electron chi connectivity index (χ3n) is 4.26. The number of benzene rings is 2. The molecule has 3 aromatic rings.